The monoisotopic (exact) mass is 371 g/mol. The number of carbonyl (C=O) groups is 1. The molecule has 1 amide bonds. The molecule has 136 valence electrons. The van der Waals surface area contributed by atoms with Gasteiger partial charge in [0.1, 0.15) is 18.4 Å². The maximum absolute atomic E-state index is 12.1. The molecule has 0 aliphatic carbocycles. The smallest absolute Gasteiger partial charge is 0.226 e. The summed E-state index contributed by atoms with van der Waals surface area (Å²) in [6.45, 7) is 5.27. The van der Waals surface area contributed by atoms with E-state index in [0.717, 1.165) is 21.9 Å². The summed E-state index contributed by atoms with van der Waals surface area (Å²) < 4.78 is 7.18. The average molecular weight is 371 g/mol. The molecule has 0 atom stereocenters. The molecule has 2 aromatic heterocycles. The summed E-state index contributed by atoms with van der Waals surface area (Å²) in [7, 11) is 0. The van der Waals surface area contributed by atoms with Crippen molar-refractivity contribution in [1.82, 2.24) is 19.7 Å². The van der Waals surface area contributed by atoms with Crippen molar-refractivity contribution in [3.05, 3.63) is 41.8 Å². The van der Waals surface area contributed by atoms with Gasteiger partial charge in [0.2, 0.25) is 5.91 Å². The number of rotatable bonds is 8. The van der Waals surface area contributed by atoms with Crippen molar-refractivity contribution in [2.75, 3.05) is 11.9 Å². The van der Waals surface area contributed by atoms with Gasteiger partial charge in [-0.25, -0.2) is 9.97 Å². The van der Waals surface area contributed by atoms with Crippen molar-refractivity contribution in [2.24, 2.45) is 0 Å². The molecular weight excluding hydrogens is 350 g/mol. The van der Waals surface area contributed by atoms with Crippen molar-refractivity contribution in [3.63, 3.8) is 0 Å². The van der Waals surface area contributed by atoms with Crippen LogP contribution in [0.4, 0.5) is 5.13 Å². The molecule has 0 saturated heterocycles. The van der Waals surface area contributed by atoms with Crippen LogP contribution in [0.1, 0.15) is 24.6 Å². The Balaban J connectivity index is 1.57. The lowest BCUT2D eigenvalue weighted by molar-refractivity contribution is -0.116. The van der Waals surface area contributed by atoms with E-state index in [1.807, 2.05) is 38.1 Å². The number of thiazole rings is 1. The van der Waals surface area contributed by atoms with Gasteiger partial charge >= 0.3 is 0 Å². The number of ether oxygens (including phenoxy) is 1. The van der Waals surface area contributed by atoms with E-state index < -0.39 is 0 Å². The number of aromatic nitrogens is 4. The summed E-state index contributed by atoms with van der Waals surface area (Å²) in [6, 6.07) is 7.83. The first kappa shape index (κ1) is 18.1. The number of hydrogen-bond acceptors (Lipinski definition) is 6. The van der Waals surface area contributed by atoms with Crippen LogP contribution < -0.4 is 10.1 Å². The van der Waals surface area contributed by atoms with Crippen molar-refractivity contribution >= 4 is 22.4 Å². The van der Waals surface area contributed by atoms with Crippen LogP contribution in [0, 0.1) is 6.92 Å². The minimum Gasteiger partial charge on any atom is -0.494 e. The molecule has 0 unspecified atom stereocenters. The number of aryl methyl sites for hydroxylation is 2. The largest absolute Gasteiger partial charge is 0.494 e. The fourth-order valence-electron chi connectivity index (χ4n) is 2.52. The molecule has 0 fully saturated rings. The molecule has 2 heterocycles. The number of nitrogens with one attached hydrogen (secondary N) is 1. The van der Waals surface area contributed by atoms with Gasteiger partial charge in [-0.2, -0.15) is 5.10 Å². The lowest BCUT2D eigenvalue weighted by Crippen LogP contribution is -2.12. The minimum atomic E-state index is -0.0443. The summed E-state index contributed by atoms with van der Waals surface area (Å²) in [5.74, 6) is 0.794. The molecule has 1 aromatic carbocycles. The second-order valence-electron chi connectivity index (χ2n) is 5.69. The molecule has 0 aliphatic rings. The summed E-state index contributed by atoms with van der Waals surface area (Å²) in [5.41, 5.74) is 1.89. The summed E-state index contributed by atoms with van der Waals surface area (Å²) in [5, 5.41) is 7.52. The predicted molar refractivity (Wildman–Crippen MR) is 101 cm³/mol. The highest BCUT2D eigenvalue weighted by Crippen LogP contribution is 2.31. The number of nitrogens with zero attached hydrogens (tertiary/aromatic N) is 4. The van der Waals surface area contributed by atoms with Crippen LogP contribution in [0.2, 0.25) is 0 Å². The molecule has 3 aromatic rings. The zero-order valence-corrected chi connectivity index (χ0v) is 15.6. The average Bonchev–Trinajstić information content (AvgIpc) is 3.26. The topological polar surface area (TPSA) is 81.9 Å². The van der Waals surface area contributed by atoms with E-state index >= 15 is 0 Å². The molecule has 26 heavy (non-hydrogen) atoms. The van der Waals surface area contributed by atoms with Gasteiger partial charge in [-0.05, 0) is 44.5 Å². The molecule has 8 heteroatoms. The van der Waals surface area contributed by atoms with Gasteiger partial charge in [-0.3, -0.25) is 9.48 Å². The molecule has 7 nitrogen and oxygen atoms in total. The normalized spacial score (nSPS) is 10.7. The van der Waals surface area contributed by atoms with Gasteiger partial charge < -0.3 is 10.1 Å². The number of benzene rings is 1. The van der Waals surface area contributed by atoms with E-state index in [1.54, 1.807) is 11.0 Å². The minimum absolute atomic E-state index is 0.0443. The number of amides is 1. The molecule has 0 radical (unpaired) electrons. The lowest BCUT2D eigenvalue weighted by Gasteiger charge is -2.04. The van der Waals surface area contributed by atoms with Crippen LogP contribution in [-0.4, -0.2) is 32.3 Å². The molecule has 0 spiro atoms. The fourth-order valence-corrected chi connectivity index (χ4v) is 3.38. The van der Waals surface area contributed by atoms with E-state index in [9.17, 15) is 4.79 Å². The van der Waals surface area contributed by atoms with Gasteiger partial charge in [0.05, 0.1) is 12.3 Å². The maximum atomic E-state index is 12.1. The maximum Gasteiger partial charge on any atom is 0.226 e. The third-order valence-corrected chi connectivity index (χ3v) is 4.63. The quantitative estimate of drug-likeness (QED) is 0.655. The predicted octanol–water partition coefficient (Wildman–Crippen LogP) is 3.53. The van der Waals surface area contributed by atoms with Crippen molar-refractivity contribution in [1.29, 1.82) is 0 Å². The third kappa shape index (κ3) is 4.66. The molecule has 1 N–H and O–H groups in total. The highest BCUT2D eigenvalue weighted by molar-refractivity contribution is 7.16. The second kappa shape index (κ2) is 8.57. The van der Waals surface area contributed by atoms with E-state index in [1.165, 1.54) is 17.7 Å². The highest BCUT2D eigenvalue weighted by Gasteiger charge is 2.12. The number of hydrogen-bond donors (Lipinski definition) is 1. The van der Waals surface area contributed by atoms with Crippen LogP contribution in [0.3, 0.4) is 0 Å². The zero-order valence-electron chi connectivity index (χ0n) is 14.8. The van der Waals surface area contributed by atoms with Crippen molar-refractivity contribution < 1.29 is 9.53 Å². The van der Waals surface area contributed by atoms with Crippen molar-refractivity contribution in [3.8, 4) is 17.0 Å². The first-order valence-corrected chi connectivity index (χ1v) is 9.30. The number of carbonyl (C=O) groups excluding carboxylic acids is 1. The number of anilines is 1. The Bertz CT molecular complexity index is 843. The summed E-state index contributed by atoms with van der Waals surface area (Å²) in [6.07, 6.45) is 4.24. The van der Waals surface area contributed by atoms with Gasteiger partial charge in [-0.1, -0.05) is 0 Å². The van der Waals surface area contributed by atoms with Crippen LogP contribution >= 0.6 is 11.3 Å². The SMILES string of the molecule is CCOc1ccc(-c2nc(NC(=O)CCCn3cncn3)sc2C)cc1. The summed E-state index contributed by atoms with van der Waals surface area (Å²) >= 11 is 1.48. The highest BCUT2D eigenvalue weighted by atomic mass is 32.1. The van der Waals surface area contributed by atoms with Crippen LogP contribution in [-0.2, 0) is 11.3 Å². The third-order valence-electron chi connectivity index (χ3n) is 3.74. The van der Waals surface area contributed by atoms with E-state index in [2.05, 4.69) is 20.4 Å². The van der Waals surface area contributed by atoms with Gasteiger partial charge in [0.25, 0.3) is 0 Å². The standard InChI is InChI=1S/C18H21N5O2S/c1-3-25-15-8-6-14(7-9-15)17-13(2)26-18(22-17)21-16(24)5-4-10-23-12-19-11-20-23/h6-9,11-12H,3-5,10H2,1-2H3,(H,21,22,24). The fraction of sp³-hybridized carbons (Fsp3) is 0.333. The molecular formula is C18H21N5O2S. The first-order valence-electron chi connectivity index (χ1n) is 8.48. The molecule has 0 saturated carbocycles. The Hall–Kier alpha value is -2.74. The Kier molecular flexibility index (Phi) is 5.96. The van der Waals surface area contributed by atoms with Crippen LogP contribution in [0.25, 0.3) is 11.3 Å². The van der Waals surface area contributed by atoms with Crippen LogP contribution in [0.15, 0.2) is 36.9 Å². The van der Waals surface area contributed by atoms with E-state index in [-0.39, 0.29) is 5.91 Å². The van der Waals surface area contributed by atoms with Crippen molar-refractivity contribution in [2.45, 2.75) is 33.2 Å². The van der Waals surface area contributed by atoms with E-state index in [4.69, 9.17) is 4.74 Å². The molecule has 0 bridgehead atoms. The summed E-state index contributed by atoms with van der Waals surface area (Å²) in [4.78, 5) is 21.6. The van der Waals surface area contributed by atoms with Gasteiger partial charge in [0.15, 0.2) is 5.13 Å². The second-order valence-corrected chi connectivity index (χ2v) is 6.89. The lowest BCUT2D eigenvalue weighted by atomic mass is 10.1. The molecule has 3 rings (SSSR count). The Morgan fingerprint density at radius 2 is 2.12 bits per heavy atom. The Labute approximate surface area is 156 Å². The van der Waals surface area contributed by atoms with Crippen LogP contribution in [0.5, 0.6) is 5.75 Å². The van der Waals surface area contributed by atoms with Gasteiger partial charge in [-0.15, -0.1) is 11.3 Å². The Morgan fingerprint density at radius 1 is 1.31 bits per heavy atom. The zero-order chi connectivity index (χ0) is 18.4. The van der Waals surface area contributed by atoms with E-state index in [0.29, 0.717) is 31.1 Å². The first-order chi connectivity index (χ1) is 12.7. The Morgan fingerprint density at radius 3 is 2.81 bits per heavy atom. The molecule has 0 aliphatic heterocycles. The van der Waals surface area contributed by atoms with Gasteiger partial charge in [0, 0.05) is 23.4 Å².